The van der Waals surface area contributed by atoms with Gasteiger partial charge in [0.2, 0.25) is 0 Å². The maximum absolute atomic E-state index is 13.6. The molecule has 1 heterocycles. The smallest absolute Gasteiger partial charge is 0.323 e. The number of likely N-dealkylation sites (N-methyl/N-ethyl adjacent to an activating group) is 1. The van der Waals surface area contributed by atoms with Crippen LogP contribution in [0.25, 0.3) is 0 Å². The highest BCUT2D eigenvalue weighted by atomic mass is 16.5. The van der Waals surface area contributed by atoms with Gasteiger partial charge in [0, 0.05) is 30.9 Å². The molecule has 3 aromatic carbocycles. The van der Waals surface area contributed by atoms with Crippen molar-refractivity contribution in [1.82, 2.24) is 9.80 Å². The van der Waals surface area contributed by atoms with Crippen molar-refractivity contribution in [3.8, 4) is 5.75 Å². The predicted molar refractivity (Wildman–Crippen MR) is 155 cm³/mol. The van der Waals surface area contributed by atoms with E-state index in [0.717, 1.165) is 0 Å². The number of ether oxygens (including phenoxy) is 1. The molecule has 0 saturated carbocycles. The van der Waals surface area contributed by atoms with E-state index < -0.39 is 18.2 Å². The molecule has 1 aliphatic rings. The van der Waals surface area contributed by atoms with Crippen LogP contribution < -0.4 is 20.7 Å². The number of amides is 5. The average Bonchev–Trinajstić information content (AvgIpc) is 2.95. The highest BCUT2D eigenvalue weighted by Crippen LogP contribution is 2.35. The maximum atomic E-state index is 13.6. The lowest BCUT2D eigenvalue weighted by Gasteiger charge is -2.38. The van der Waals surface area contributed by atoms with Crippen LogP contribution in [-0.2, 0) is 0 Å². The summed E-state index contributed by atoms with van der Waals surface area (Å²) in [5.41, 5.74) is 1.84. The number of hydrogen-bond donors (Lipinski definition) is 4. The first kappa shape index (κ1) is 28.4. The molecule has 0 fully saturated rings. The first-order valence-electron chi connectivity index (χ1n) is 13.2. The minimum absolute atomic E-state index is 0.208. The van der Waals surface area contributed by atoms with E-state index >= 15 is 0 Å². The molecule has 1 aliphatic heterocycles. The van der Waals surface area contributed by atoms with E-state index in [4.69, 9.17) is 4.74 Å². The number of benzene rings is 3. The topological polar surface area (TPSA) is 123 Å². The van der Waals surface area contributed by atoms with Crippen molar-refractivity contribution < 1.29 is 24.2 Å². The summed E-state index contributed by atoms with van der Waals surface area (Å²) in [7, 11) is 1.67. The molecular formula is C30H35N5O5. The number of nitrogens with one attached hydrogen (secondary N) is 3. The molecule has 0 spiro atoms. The fraction of sp³-hybridized carbons (Fsp3) is 0.300. The average molecular weight is 546 g/mol. The first-order valence-corrected chi connectivity index (χ1v) is 13.2. The van der Waals surface area contributed by atoms with Crippen molar-refractivity contribution in [2.75, 3.05) is 42.7 Å². The van der Waals surface area contributed by atoms with Crippen LogP contribution in [0.2, 0.25) is 0 Å². The van der Waals surface area contributed by atoms with Gasteiger partial charge in [-0.25, -0.2) is 9.59 Å². The van der Waals surface area contributed by atoms with E-state index in [1.807, 2.05) is 43.3 Å². The lowest BCUT2D eigenvalue weighted by Crippen LogP contribution is -2.50. The lowest BCUT2D eigenvalue weighted by molar-refractivity contribution is 0.0373. The molecule has 0 bridgehead atoms. The second kappa shape index (κ2) is 13.0. The molecule has 40 heavy (non-hydrogen) atoms. The van der Waals surface area contributed by atoms with Crippen molar-refractivity contribution in [2.24, 2.45) is 5.92 Å². The highest BCUT2D eigenvalue weighted by molar-refractivity contribution is 6.04. The molecular weight excluding hydrogens is 510 g/mol. The summed E-state index contributed by atoms with van der Waals surface area (Å²) in [4.78, 5) is 42.6. The first-order chi connectivity index (χ1) is 19.3. The number of para-hydroxylation sites is 3. The monoisotopic (exact) mass is 545 g/mol. The molecule has 0 aromatic heterocycles. The fourth-order valence-electron chi connectivity index (χ4n) is 4.46. The summed E-state index contributed by atoms with van der Waals surface area (Å²) in [6.07, 6.45) is -0.535. The van der Waals surface area contributed by atoms with E-state index in [0.29, 0.717) is 23.6 Å². The zero-order valence-corrected chi connectivity index (χ0v) is 22.8. The molecule has 0 unspecified atom stereocenters. The molecule has 5 amide bonds. The third-order valence-electron chi connectivity index (χ3n) is 6.80. The van der Waals surface area contributed by atoms with Gasteiger partial charge in [-0.3, -0.25) is 4.79 Å². The minimum Gasteiger partial charge on any atom is -0.485 e. The number of aliphatic hydroxyl groups excluding tert-OH is 1. The Hall–Kier alpha value is -4.57. The Balaban J connectivity index is 1.62. The third kappa shape index (κ3) is 6.89. The standard InChI is InChI=1S/C30H35N5O5/c1-20-17-35(21(2)19-36)28(37)24-15-10-16-25(33-29(38)31-22-11-6-4-7-12-22)27(24)40-26(20)18-34(3)30(39)32-23-13-8-5-9-14-23/h4-16,20-21,26,36H,17-19H2,1-3H3,(H,32,39)(H2,31,33,38)/t20-,21+,26-/m1/s1. The number of nitrogens with zero attached hydrogens (tertiary/aromatic N) is 2. The van der Waals surface area contributed by atoms with Crippen LogP contribution in [0.5, 0.6) is 5.75 Å². The van der Waals surface area contributed by atoms with Gasteiger partial charge in [-0.2, -0.15) is 0 Å². The number of anilines is 3. The SMILES string of the molecule is C[C@@H]1CN([C@@H](C)CO)C(=O)c2cccc(NC(=O)Nc3ccccc3)c2O[C@@H]1CN(C)C(=O)Nc1ccccc1. The largest absolute Gasteiger partial charge is 0.485 e. The van der Waals surface area contributed by atoms with Gasteiger partial charge >= 0.3 is 12.1 Å². The van der Waals surface area contributed by atoms with Gasteiger partial charge in [-0.15, -0.1) is 0 Å². The van der Waals surface area contributed by atoms with Crippen LogP contribution in [-0.4, -0.2) is 71.8 Å². The Kier molecular flexibility index (Phi) is 9.23. The Morgan fingerprint density at radius 2 is 1.60 bits per heavy atom. The van der Waals surface area contributed by atoms with E-state index in [9.17, 15) is 19.5 Å². The van der Waals surface area contributed by atoms with Gasteiger partial charge in [0.25, 0.3) is 5.91 Å². The number of carbonyl (C=O) groups excluding carboxylic acids is 3. The Labute approximate surface area is 233 Å². The zero-order valence-electron chi connectivity index (χ0n) is 22.8. The second-order valence-corrected chi connectivity index (χ2v) is 9.93. The van der Waals surface area contributed by atoms with Crippen LogP contribution >= 0.6 is 0 Å². The summed E-state index contributed by atoms with van der Waals surface area (Å²) in [5.74, 6) is -0.326. The third-order valence-corrected chi connectivity index (χ3v) is 6.80. The highest BCUT2D eigenvalue weighted by Gasteiger charge is 2.35. The van der Waals surface area contributed by atoms with Crippen molar-refractivity contribution in [3.63, 3.8) is 0 Å². The van der Waals surface area contributed by atoms with Gasteiger partial charge in [0.1, 0.15) is 6.10 Å². The number of carbonyl (C=O) groups is 3. The summed E-state index contributed by atoms with van der Waals surface area (Å²) in [6.45, 7) is 4.01. The van der Waals surface area contributed by atoms with Crippen molar-refractivity contribution in [2.45, 2.75) is 26.0 Å². The summed E-state index contributed by atoms with van der Waals surface area (Å²) < 4.78 is 6.46. The van der Waals surface area contributed by atoms with Gasteiger partial charge in [-0.05, 0) is 43.3 Å². The molecule has 4 N–H and O–H groups in total. The van der Waals surface area contributed by atoms with E-state index in [1.54, 1.807) is 61.3 Å². The number of rotatable bonds is 7. The fourth-order valence-corrected chi connectivity index (χ4v) is 4.46. The lowest BCUT2D eigenvalue weighted by atomic mass is 9.99. The molecule has 10 heteroatoms. The van der Waals surface area contributed by atoms with Crippen LogP contribution in [0.4, 0.5) is 26.7 Å². The molecule has 3 aromatic rings. The zero-order chi connectivity index (χ0) is 28.6. The van der Waals surface area contributed by atoms with Crippen LogP contribution in [0.3, 0.4) is 0 Å². The summed E-state index contributed by atoms with van der Waals surface area (Å²) >= 11 is 0. The van der Waals surface area contributed by atoms with Gasteiger partial charge in [-0.1, -0.05) is 49.4 Å². The maximum Gasteiger partial charge on any atom is 0.323 e. The van der Waals surface area contributed by atoms with Crippen molar-refractivity contribution in [1.29, 1.82) is 0 Å². The molecule has 4 rings (SSSR count). The molecule has 10 nitrogen and oxygen atoms in total. The van der Waals surface area contributed by atoms with Crippen molar-refractivity contribution in [3.05, 3.63) is 84.4 Å². The molecule has 210 valence electrons. The second-order valence-electron chi connectivity index (χ2n) is 9.93. The normalized spacial score (nSPS) is 17.4. The van der Waals surface area contributed by atoms with Crippen molar-refractivity contribution >= 4 is 35.0 Å². The van der Waals surface area contributed by atoms with Crippen LogP contribution in [0.15, 0.2) is 78.9 Å². The summed E-state index contributed by atoms with van der Waals surface area (Å²) in [6, 6.07) is 21.8. The Morgan fingerprint density at radius 3 is 2.23 bits per heavy atom. The molecule has 0 radical (unpaired) electrons. The van der Waals surface area contributed by atoms with E-state index in [-0.39, 0.29) is 42.3 Å². The number of urea groups is 2. The molecule has 0 saturated heterocycles. The van der Waals surface area contributed by atoms with E-state index in [2.05, 4.69) is 16.0 Å². The van der Waals surface area contributed by atoms with Crippen LogP contribution in [0.1, 0.15) is 24.2 Å². The number of hydrogen-bond acceptors (Lipinski definition) is 5. The minimum atomic E-state index is -0.535. The molecule has 0 aliphatic carbocycles. The Morgan fingerprint density at radius 1 is 0.975 bits per heavy atom. The van der Waals surface area contributed by atoms with Gasteiger partial charge in [0.15, 0.2) is 5.75 Å². The van der Waals surface area contributed by atoms with E-state index in [1.165, 1.54) is 4.90 Å². The number of fused-ring (bicyclic) bond motifs is 1. The number of aliphatic hydroxyl groups is 1. The quantitative estimate of drug-likeness (QED) is 0.342. The van der Waals surface area contributed by atoms with Crippen LogP contribution in [0, 0.1) is 5.92 Å². The predicted octanol–water partition coefficient (Wildman–Crippen LogP) is 4.71. The summed E-state index contributed by atoms with van der Waals surface area (Å²) in [5, 5.41) is 18.3. The Bertz CT molecular complexity index is 1320. The van der Waals surface area contributed by atoms with Gasteiger partial charge in [0.05, 0.1) is 30.4 Å². The van der Waals surface area contributed by atoms with Gasteiger partial charge < -0.3 is 35.6 Å². The molecule has 3 atom stereocenters.